The number of benzene rings is 2. The fraction of sp³-hybridized carbons (Fsp3) is 0.381. The van der Waals surface area contributed by atoms with E-state index in [2.05, 4.69) is 32.5 Å². The van der Waals surface area contributed by atoms with Gasteiger partial charge in [-0.05, 0) is 68.7 Å². The highest BCUT2D eigenvalue weighted by molar-refractivity contribution is 7.89. The molecule has 3 fully saturated rings. The summed E-state index contributed by atoms with van der Waals surface area (Å²) in [6.45, 7) is 7.74. The first-order chi connectivity index (χ1) is 29.7. The van der Waals surface area contributed by atoms with Crippen LogP contribution in [0.1, 0.15) is 20.3 Å². The van der Waals surface area contributed by atoms with Gasteiger partial charge in [0.05, 0.1) is 29.0 Å². The molecule has 20 heteroatoms. The fourth-order valence-corrected chi connectivity index (χ4v) is 10.8. The Morgan fingerprint density at radius 1 is 0.726 bits per heavy atom. The molecular weight excluding hydrogens is 839 g/mol. The number of fused-ring (bicyclic) bond motifs is 2. The molecule has 3 aliphatic rings. The van der Waals surface area contributed by atoms with Gasteiger partial charge in [-0.15, -0.1) is 0 Å². The highest BCUT2D eigenvalue weighted by Crippen LogP contribution is 2.37. The molecule has 4 aromatic rings. The van der Waals surface area contributed by atoms with Crippen LogP contribution in [-0.4, -0.2) is 146 Å². The number of piperazine rings is 2. The molecule has 2 aromatic carbocycles. The van der Waals surface area contributed by atoms with Gasteiger partial charge in [-0.3, -0.25) is 19.2 Å². The molecule has 4 heterocycles. The third-order valence-electron chi connectivity index (χ3n) is 10.9. The minimum Gasteiger partial charge on any atom is -0.475 e. The molecule has 2 aliphatic heterocycles. The maximum absolute atomic E-state index is 13.8. The van der Waals surface area contributed by atoms with Gasteiger partial charge in [-0.1, -0.05) is 30.9 Å². The summed E-state index contributed by atoms with van der Waals surface area (Å²) in [5.74, 6) is -0.695. The monoisotopic (exact) mass is 887 g/mol. The van der Waals surface area contributed by atoms with E-state index in [9.17, 15) is 36.0 Å². The SMILES string of the molecule is C=CC(=O)NCC(=O)N1CCN(S(=O)(=O)c2cccc3c(NC4CC4/C=C/C(=O)NCC(=O)N4CCN(S(=O)(=O)c5cccc6c(OC(C)C)nccc56)CC4)nccc23)CC1. The first-order valence-electron chi connectivity index (χ1n) is 20.3. The number of ether oxygens (including phenoxy) is 1. The molecule has 3 N–H and O–H groups in total. The van der Waals surface area contributed by atoms with Crippen molar-refractivity contribution >= 4 is 71.0 Å². The van der Waals surface area contributed by atoms with Crippen LogP contribution in [0.25, 0.3) is 21.5 Å². The van der Waals surface area contributed by atoms with Gasteiger partial charge < -0.3 is 30.5 Å². The van der Waals surface area contributed by atoms with Gasteiger partial charge in [0.25, 0.3) is 0 Å². The van der Waals surface area contributed by atoms with E-state index in [-0.39, 0.29) is 105 Å². The average molecular weight is 888 g/mol. The maximum atomic E-state index is 13.8. The van der Waals surface area contributed by atoms with Crippen LogP contribution in [0.4, 0.5) is 5.82 Å². The minimum atomic E-state index is -3.93. The van der Waals surface area contributed by atoms with Crippen molar-refractivity contribution in [3.8, 4) is 5.88 Å². The lowest BCUT2D eigenvalue weighted by Gasteiger charge is -2.34. The van der Waals surface area contributed by atoms with Crippen LogP contribution in [0.15, 0.2) is 95.5 Å². The van der Waals surface area contributed by atoms with E-state index in [0.717, 1.165) is 6.08 Å². The standard InChI is InChI=1S/C42H49N9O9S2/c1-4-37(52)45-26-39(54)48-17-21-50(22-18-48)61(56,57)35-9-5-7-32-30(35)13-15-43-41(32)47-34-25-29(34)11-12-38(53)46-27-40(55)49-19-23-51(24-20-49)62(58,59)36-10-6-8-33-31(36)14-16-44-42(33)60-28(2)3/h4-16,28-29,34H,1,17-27H2,2-3H3,(H,43,47)(H,45,52)(H,46,53)/b12-11+. The van der Waals surface area contributed by atoms with Crippen LogP contribution in [0, 0.1) is 5.92 Å². The zero-order valence-corrected chi connectivity index (χ0v) is 36.0. The summed E-state index contributed by atoms with van der Waals surface area (Å²) in [6, 6.07) is 13.2. The molecule has 328 valence electrons. The summed E-state index contributed by atoms with van der Waals surface area (Å²) < 4.78 is 63.7. The first kappa shape index (κ1) is 44.1. The number of amides is 4. The third kappa shape index (κ3) is 9.72. The number of hydrogen-bond acceptors (Lipinski definition) is 12. The molecule has 0 spiro atoms. The van der Waals surface area contributed by atoms with Gasteiger partial charge in [-0.25, -0.2) is 26.8 Å². The molecule has 0 bridgehead atoms. The Hall–Kier alpha value is -5.96. The van der Waals surface area contributed by atoms with E-state index in [1.807, 2.05) is 13.8 Å². The molecule has 1 aliphatic carbocycles. The molecule has 1 saturated carbocycles. The molecule has 2 aromatic heterocycles. The molecule has 4 amide bonds. The lowest BCUT2D eigenvalue weighted by atomic mass is 10.1. The van der Waals surface area contributed by atoms with Gasteiger partial charge in [0, 0.05) is 92.3 Å². The van der Waals surface area contributed by atoms with E-state index in [0.29, 0.717) is 39.7 Å². The largest absolute Gasteiger partial charge is 0.475 e. The molecule has 2 atom stereocenters. The molecule has 62 heavy (non-hydrogen) atoms. The summed E-state index contributed by atoms with van der Waals surface area (Å²) in [5, 5.41) is 10.6. The Balaban J connectivity index is 0.881. The first-order valence-corrected chi connectivity index (χ1v) is 23.2. The Kier molecular flexibility index (Phi) is 13.2. The van der Waals surface area contributed by atoms with E-state index in [1.165, 1.54) is 36.9 Å². The van der Waals surface area contributed by atoms with E-state index in [4.69, 9.17) is 4.74 Å². The molecule has 2 saturated heterocycles. The Bertz CT molecular complexity index is 2640. The van der Waals surface area contributed by atoms with Crippen LogP contribution in [-0.2, 0) is 39.2 Å². The predicted octanol–water partition coefficient (Wildman–Crippen LogP) is 1.71. The molecule has 18 nitrogen and oxygen atoms in total. The summed E-state index contributed by atoms with van der Waals surface area (Å²) in [5.41, 5.74) is 0. The van der Waals surface area contributed by atoms with Crippen molar-refractivity contribution in [2.24, 2.45) is 5.92 Å². The van der Waals surface area contributed by atoms with E-state index in [1.54, 1.807) is 54.6 Å². The van der Waals surface area contributed by atoms with E-state index >= 15 is 0 Å². The van der Waals surface area contributed by atoms with E-state index < -0.39 is 31.9 Å². The average Bonchev–Trinajstić information content (AvgIpc) is 4.03. The van der Waals surface area contributed by atoms with Gasteiger partial charge in [0.15, 0.2) is 0 Å². The third-order valence-corrected chi connectivity index (χ3v) is 14.8. The Labute approximate surface area is 360 Å². The second-order valence-corrected chi connectivity index (χ2v) is 19.2. The number of rotatable bonds is 15. The van der Waals surface area contributed by atoms with Gasteiger partial charge in [0.1, 0.15) is 5.82 Å². The number of aromatic nitrogens is 2. The zero-order valence-electron chi connectivity index (χ0n) is 34.4. The second kappa shape index (κ2) is 18.6. The van der Waals surface area contributed by atoms with Crippen LogP contribution >= 0.6 is 0 Å². The topological polar surface area (TPSA) is 221 Å². The van der Waals surface area contributed by atoms with Crippen LogP contribution in [0.5, 0.6) is 5.88 Å². The van der Waals surface area contributed by atoms with Crippen LogP contribution in [0.2, 0.25) is 0 Å². The summed E-state index contributed by atoms with van der Waals surface area (Å²) in [4.78, 5) is 61.7. The molecular formula is C42H49N9O9S2. The van der Waals surface area contributed by atoms with Crippen molar-refractivity contribution in [2.45, 2.75) is 42.2 Å². The maximum Gasteiger partial charge on any atom is 0.244 e. The van der Waals surface area contributed by atoms with Crippen molar-refractivity contribution in [3.63, 3.8) is 0 Å². The number of pyridine rings is 2. The fourth-order valence-electron chi connectivity index (χ4n) is 7.51. The number of carbonyl (C=O) groups is 4. The normalized spacial score (nSPS) is 18.8. The second-order valence-electron chi connectivity index (χ2n) is 15.4. The highest BCUT2D eigenvalue weighted by atomic mass is 32.2. The van der Waals surface area contributed by atoms with Crippen molar-refractivity contribution in [1.29, 1.82) is 0 Å². The predicted molar refractivity (Wildman–Crippen MR) is 231 cm³/mol. The quantitative estimate of drug-likeness (QED) is 0.145. The number of anilines is 1. The van der Waals surface area contributed by atoms with Crippen molar-refractivity contribution in [3.05, 3.63) is 85.7 Å². The summed E-state index contributed by atoms with van der Waals surface area (Å²) >= 11 is 0. The molecule has 2 unspecified atom stereocenters. The molecule has 7 rings (SSSR count). The smallest absolute Gasteiger partial charge is 0.244 e. The number of hydrogen-bond donors (Lipinski definition) is 3. The van der Waals surface area contributed by atoms with Gasteiger partial charge >= 0.3 is 0 Å². The highest BCUT2D eigenvalue weighted by Gasteiger charge is 2.37. The summed E-state index contributed by atoms with van der Waals surface area (Å²) in [6.07, 6.45) is 7.83. The Morgan fingerprint density at radius 2 is 1.24 bits per heavy atom. The number of nitrogens with zero attached hydrogens (tertiary/aromatic N) is 6. The van der Waals surface area contributed by atoms with Crippen molar-refractivity contribution in [1.82, 2.24) is 39.0 Å². The number of carbonyl (C=O) groups excluding carboxylic acids is 4. The van der Waals surface area contributed by atoms with Crippen molar-refractivity contribution in [2.75, 3.05) is 70.8 Å². The van der Waals surface area contributed by atoms with Crippen LogP contribution < -0.4 is 20.7 Å². The van der Waals surface area contributed by atoms with Gasteiger partial charge in [0.2, 0.25) is 49.6 Å². The number of nitrogens with one attached hydrogen (secondary N) is 3. The lowest BCUT2D eigenvalue weighted by Crippen LogP contribution is -2.52. The minimum absolute atomic E-state index is 0.00753. The summed E-state index contributed by atoms with van der Waals surface area (Å²) in [7, 11) is -7.83. The molecule has 0 radical (unpaired) electrons. The Morgan fingerprint density at radius 3 is 1.79 bits per heavy atom. The van der Waals surface area contributed by atoms with Crippen LogP contribution in [0.3, 0.4) is 0 Å². The number of sulfonamides is 2. The zero-order chi connectivity index (χ0) is 44.2. The van der Waals surface area contributed by atoms with Crippen molar-refractivity contribution < 1.29 is 40.8 Å². The van der Waals surface area contributed by atoms with Gasteiger partial charge in [-0.2, -0.15) is 8.61 Å². The lowest BCUT2D eigenvalue weighted by molar-refractivity contribution is -0.133.